The normalized spacial score (nSPS) is 11.8. The summed E-state index contributed by atoms with van der Waals surface area (Å²) in [7, 11) is -4.47. The molecule has 0 atom stereocenters. The number of phenolic OH excluding ortho intramolecular Hbond substituents is 1. The van der Waals surface area contributed by atoms with E-state index in [0.717, 1.165) is 23.3 Å². The van der Waals surface area contributed by atoms with E-state index >= 15 is 0 Å². The highest BCUT2D eigenvalue weighted by molar-refractivity contribution is 7.89. The van der Waals surface area contributed by atoms with E-state index in [1.54, 1.807) is 20.8 Å². The van der Waals surface area contributed by atoms with Gasteiger partial charge >= 0.3 is 6.09 Å². The molecule has 1 N–H and O–H groups in total. The zero-order valence-electron chi connectivity index (χ0n) is 18.4. The molecule has 0 radical (unpaired) electrons. The minimum atomic E-state index is -4.47. The number of amides is 1. The lowest BCUT2D eigenvalue weighted by molar-refractivity contribution is 0.0392. The van der Waals surface area contributed by atoms with E-state index in [-0.39, 0.29) is 18.5 Å². The van der Waals surface area contributed by atoms with Gasteiger partial charge in [0.1, 0.15) is 16.2 Å². The molecule has 0 saturated heterocycles. The minimum absolute atomic E-state index is 0.0461. The summed E-state index contributed by atoms with van der Waals surface area (Å²) >= 11 is 0. The van der Waals surface area contributed by atoms with E-state index in [1.807, 2.05) is 30.3 Å². The fraction of sp³-hybridized carbons (Fsp3) is 0.391. The SMILES string of the molecule is CC(C)c1ccc(CCN(C(=O)OC(C)(C)C)S(=O)(=O)c2cc(C#N)ccc2O)cc1. The number of hydrogen-bond acceptors (Lipinski definition) is 6. The molecule has 0 spiro atoms. The van der Waals surface area contributed by atoms with E-state index in [4.69, 9.17) is 10.00 Å². The quantitative estimate of drug-likeness (QED) is 0.700. The lowest BCUT2D eigenvalue weighted by Crippen LogP contribution is -2.42. The van der Waals surface area contributed by atoms with Crippen molar-refractivity contribution in [2.75, 3.05) is 6.54 Å². The Balaban J connectivity index is 2.40. The highest BCUT2D eigenvalue weighted by Gasteiger charge is 2.34. The number of aromatic hydroxyl groups is 1. The van der Waals surface area contributed by atoms with Crippen molar-refractivity contribution in [3.8, 4) is 11.8 Å². The third kappa shape index (κ3) is 6.22. The van der Waals surface area contributed by atoms with Crippen molar-refractivity contribution in [3.63, 3.8) is 0 Å². The van der Waals surface area contributed by atoms with Crippen LogP contribution in [0.5, 0.6) is 5.75 Å². The summed E-state index contributed by atoms with van der Waals surface area (Å²) in [5.41, 5.74) is 1.13. The first-order chi connectivity index (χ1) is 14.3. The number of rotatable bonds is 6. The Hall–Kier alpha value is -3.05. The molecule has 0 bridgehead atoms. The molecular weight excluding hydrogens is 416 g/mol. The van der Waals surface area contributed by atoms with Crippen LogP contribution in [0.15, 0.2) is 47.4 Å². The van der Waals surface area contributed by atoms with Crippen LogP contribution in [0.1, 0.15) is 57.2 Å². The second-order valence-corrected chi connectivity index (χ2v) is 10.3. The van der Waals surface area contributed by atoms with E-state index in [2.05, 4.69) is 13.8 Å². The maximum atomic E-state index is 13.3. The molecule has 0 aliphatic heterocycles. The van der Waals surface area contributed by atoms with Crippen LogP contribution in [0.2, 0.25) is 0 Å². The number of phenols is 1. The number of benzene rings is 2. The smallest absolute Gasteiger partial charge is 0.424 e. The van der Waals surface area contributed by atoms with E-state index in [9.17, 15) is 18.3 Å². The van der Waals surface area contributed by atoms with Crippen LogP contribution >= 0.6 is 0 Å². The maximum absolute atomic E-state index is 13.3. The van der Waals surface area contributed by atoms with Gasteiger partial charge < -0.3 is 9.84 Å². The molecule has 0 heterocycles. The summed E-state index contributed by atoms with van der Waals surface area (Å²) in [6, 6.07) is 13.0. The molecule has 0 aliphatic rings. The summed E-state index contributed by atoms with van der Waals surface area (Å²) < 4.78 is 32.4. The van der Waals surface area contributed by atoms with Gasteiger partial charge in [-0.2, -0.15) is 9.57 Å². The van der Waals surface area contributed by atoms with Gasteiger partial charge in [-0.15, -0.1) is 0 Å². The summed E-state index contributed by atoms with van der Waals surface area (Å²) in [5.74, 6) is -0.183. The number of carbonyl (C=O) groups excluding carboxylic acids is 1. The van der Waals surface area contributed by atoms with Crippen molar-refractivity contribution >= 4 is 16.1 Å². The van der Waals surface area contributed by atoms with Gasteiger partial charge in [-0.1, -0.05) is 38.1 Å². The first-order valence-electron chi connectivity index (χ1n) is 9.93. The molecule has 2 rings (SSSR count). The van der Waals surface area contributed by atoms with Crippen LogP contribution in [0, 0.1) is 11.3 Å². The van der Waals surface area contributed by atoms with Crippen LogP contribution in [-0.4, -0.2) is 36.1 Å². The van der Waals surface area contributed by atoms with Crippen LogP contribution in [-0.2, 0) is 21.2 Å². The Bertz CT molecular complexity index is 1080. The predicted molar refractivity (Wildman–Crippen MR) is 117 cm³/mol. The third-order valence-corrected chi connectivity index (χ3v) is 6.30. The van der Waals surface area contributed by atoms with E-state index in [1.165, 1.54) is 6.07 Å². The zero-order chi connectivity index (χ0) is 23.4. The lowest BCUT2D eigenvalue weighted by atomic mass is 10.0. The van der Waals surface area contributed by atoms with Crippen LogP contribution in [0.25, 0.3) is 0 Å². The molecule has 7 nitrogen and oxygen atoms in total. The highest BCUT2D eigenvalue weighted by atomic mass is 32.2. The molecule has 31 heavy (non-hydrogen) atoms. The van der Waals surface area contributed by atoms with Crippen molar-refractivity contribution in [2.45, 2.75) is 57.5 Å². The van der Waals surface area contributed by atoms with Gasteiger partial charge in [0.05, 0.1) is 11.6 Å². The summed E-state index contributed by atoms with van der Waals surface area (Å²) in [5, 5.41) is 19.2. The number of hydrogen-bond donors (Lipinski definition) is 1. The number of ether oxygens (including phenoxy) is 1. The predicted octanol–water partition coefficient (Wildman–Crippen LogP) is 4.56. The standard InChI is InChI=1S/C23H28N2O5S/c1-16(2)19-9-6-17(7-10-19)12-13-25(22(27)30-23(3,4)5)31(28,29)21-14-18(15-24)8-11-20(21)26/h6-11,14,16,26H,12-13H2,1-5H3. The average molecular weight is 445 g/mol. The van der Waals surface area contributed by atoms with Crippen LogP contribution in [0.4, 0.5) is 4.79 Å². The topological polar surface area (TPSA) is 108 Å². The van der Waals surface area contributed by atoms with Gasteiger partial charge in [-0.05, 0) is 62.4 Å². The molecular formula is C23H28N2O5S. The fourth-order valence-electron chi connectivity index (χ4n) is 2.83. The number of nitriles is 1. The molecule has 2 aromatic carbocycles. The fourth-order valence-corrected chi connectivity index (χ4v) is 4.24. The van der Waals surface area contributed by atoms with E-state index < -0.39 is 32.4 Å². The first kappa shape index (κ1) is 24.2. The van der Waals surface area contributed by atoms with Crippen molar-refractivity contribution in [3.05, 3.63) is 59.2 Å². The number of sulfonamides is 1. The number of nitrogens with zero attached hydrogens (tertiary/aromatic N) is 2. The molecule has 0 aliphatic carbocycles. The summed E-state index contributed by atoms with van der Waals surface area (Å²) in [4.78, 5) is 12.3. The number of carbonyl (C=O) groups is 1. The molecule has 0 saturated carbocycles. The van der Waals surface area contributed by atoms with Crippen LogP contribution in [0.3, 0.4) is 0 Å². The molecule has 0 unspecified atom stereocenters. The second kappa shape index (κ2) is 9.40. The Morgan fingerprint density at radius 2 is 1.77 bits per heavy atom. The van der Waals surface area contributed by atoms with Crippen LogP contribution < -0.4 is 0 Å². The minimum Gasteiger partial charge on any atom is -0.507 e. The molecule has 1 amide bonds. The monoisotopic (exact) mass is 444 g/mol. The molecule has 8 heteroatoms. The van der Waals surface area contributed by atoms with Gasteiger partial charge in [0.15, 0.2) is 0 Å². The summed E-state index contributed by atoms with van der Waals surface area (Å²) in [6.45, 7) is 8.87. The molecule has 0 aromatic heterocycles. The Kier molecular flexibility index (Phi) is 7.34. The Labute approximate surface area is 183 Å². The van der Waals surface area contributed by atoms with E-state index in [0.29, 0.717) is 10.2 Å². The lowest BCUT2D eigenvalue weighted by Gasteiger charge is -2.27. The average Bonchev–Trinajstić information content (AvgIpc) is 2.67. The van der Waals surface area contributed by atoms with Gasteiger partial charge in [0, 0.05) is 6.54 Å². The first-order valence-corrected chi connectivity index (χ1v) is 11.4. The van der Waals surface area contributed by atoms with Gasteiger partial charge in [0.2, 0.25) is 0 Å². The maximum Gasteiger partial charge on any atom is 0.424 e. The van der Waals surface area contributed by atoms with Gasteiger partial charge in [-0.25, -0.2) is 13.2 Å². The molecule has 0 fully saturated rings. The molecule has 2 aromatic rings. The van der Waals surface area contributed by atoms with Crippen molar-refractivity contribution in [1.29, 1.82) is 5.26 Å². The largest absolute Gasteiger partial charge is 0.507 e. The van der Waals surface area contributed by atoms with Gasteiger partial charge in [0.25, 0.3) is 10.0 Å². The summed E-state index contributed by atoms with van der Waals surface area (Å²) in [6.07, 6.45) is -0.789. The molecule has 166 valence electrons. The van der Waals surface area contributed by atoms with Crippen molar-refractivity contribution in [1.82, 2.24) is 4.31 Å². The highest BCUT2D eigenvalue weighted by Crippen LogP contribution is 2.28. The Morgan fingerprint density at radius 1 is 1.16 bits per heavy atom. The second-order valence-electron chi connectivity index (χ2n) is 8.50. The third-order valence-electron chi connectivity index (χ3n) is 4.50. The Morgan fingerprint density at radius 3 is 2.29 bits per heavy atom. The van der Waals surface area contributed by atoms with Gasteiger partial charge in [-0.3, -0.25) is 0 Å². The van der Waals surface area contributed by atoms with Crippen molar-refractivity contribution in [2.24, 2.45) is 0 Å². The van der Waals surface area contributed by atoms with Crippen molar-refractivity contribution < 1.29 is 23.1 Å². The zero-order valence-corrected chi connectivity index (χ0v) is 19.2.